The van der Waals surface area contributed by atoms with E-state index >= 15 is 0 Å². The van der Waals surface area contributed by atoms with E-state index in [1.807, 2.05) is 31.2 Å². The lowest BCUT2D eigenvalue weighted by atomic mass is 10.2. The summed E-state index contributed by atoms with van der Waals surface area (Å²) in [6.45, 7) is 4.16. The standard InChI is InChI=1S/C19H17Cl2FN4O/c1-11-18(24-19(27)23-14-7-8-17(22)16(21)9-14)12(2)26(25-11)10-13-5-3-4-6-15(13)20/h3-9H,10H2,1-2H3,(H2,23,24,27). The number of carbonyl (C=O) groups is 1. The van der Waals surface area contributed by atoms with E-state index in [9.17, 15) is 9.18 Å². The maximum absolute atomic E-state index is 13.2. The predicted molar refractivity (Wildman–Crippen MR) is 106 cm³/mol. The second kappa shape index (κ2) is 7.98. The summed E-state index contributed by atoms with van der Waals surface area (Å²) in [5, 5.41) is 10.5. The van der Waals surface area contributed by atoms with Crippen molar-refractivity contribution in [1.29, 1.82) is 0 Å². The van der Waals surface area contributed by atoms with Crippen LogP contribution in [0.25, 0.3) is 0 Å². The molecule has 1 aromatic heterocycles. The minimum Gasteiger partial charge on any atom is -0.308 e. The molecule has 140 valence electrons. The van der Waals surface area contributed by atoms with E-state index in [0.29, 0.717) is 28.6 Å². The fourth-order valence-electron chi connectivity index (χ4n) is 2.67. The minimum absolute atomic E-state index is 0.0623. The van der Waals surface area contributed by atoms with Crippen LogP contribution in [0.2, 0.25) is 10.0 Å². The number of aryl methyl sites for hydroxylation is 1. The molecule has 8 heteroatoms. The number of urea groups is 1. The molecule has 0 spiro atoms. The predicted octanol–water partition coefficient (Wildman–Crippen LogP) is 5.64. The topological polar surface area (TPSA) is 59.0 Å². The highest BCUT2D eigenvalue weighted by molar-refractivity contribution is 6.31. The third-order valence-electron chi connectivity index (χ3n) is 4.08. The normalized spacial score (nSPS) is 10.7. The molecule has 3 rings (SSSR count). The smallest absolute Gasteiger partial charge is 0.308 e. The molecular weight excluding hydrogens is 390 g/mol. The molecule has 1 heterocycles. The largest absolute Gasteiger partial charge is 0.323 e. The van der Waals surface area contributed by atoms with Gasteiger partial charge in [0.2, 0.25) is 0 Å². The second-order valence-electron chi connectivity index (χ2n) is 6.00. The van der Waals surface area contributed by atoms with Crippen LogP contribution in [0.15, 0.2) is 42.5 Å². The number of halogens is 3. The zero-order valence-corrected chi connectivity index (χ0v) is 16.2. The van der Waals surface area contributed by atoms with Crippen molar-refractivity contribution in [2.24, 2.45) is 0 Å². The zero-order valence-electron chi connectivity index (χ0n) is 14.7. The molecule has 0 saturated carbocycles. The molecule has 0 radical (unpaired) electrons. The Bertz CT molecular complexity index is 1000. The van der Waals surface area contributed by atoms with Crippen LogP contribution in [-0.4, -0.2) is 15.8 Å². The zero-order chi connectivity index (χ0) is 19.6. The fraction of sp³-hybridized carbons (Fsp3) is 0.158. The first-order valence-corrected chi connectivity index (χ1v) is 8.91. The highest BCUT2D eigenvalue weighted by Crippen LogP contribution is 2.24. The average molecular weight is 407 g/mol. The van der Waals surface area contributed by atoms with Gasteiger partial charge in [0, 0.05) is 10.7 Å². The molecule has 0 fully saturated rings. The summed E-state index contributed by atoms with van der Waals surface area (Å²) in [4.78, 5) is 12.3. The maximum atomic E-state index is 13.2. The Morgan fingerprint density at radius 3 is 2.56 bits per heavy atom. The van der Waals surface area contributed by atoms with Crippen molar-refractivity contribution in [1.82, 2.24) is 9.78 Å². The molecular formula is C19H17Cl2FN4O. The van der Waals surface area contributed by atoms with Crippen LogP contribution in [-0.2, 0) is 6.54 Å². The summed E-state index contributed by atoms with van der Waals surface area (Å²) in [6.07, 6.45) is 0. The van der Waals surface area contributed by atoms with E-state index in [2.05, 4.69) is 15.7 Å². The van der Waals surface area contributed by atoms with Crippen molar-refractivity contribution >= 4 is 40.6 Å². The maximum Gasteiger partial charge on any atom is 0.323 e. The van der Waals surface area contributed by atoms with Gasteiger partial charge in [0.15, 0.2) is 0 Å². The number of rotatable bonds is 4. The second-order valence-corrected chi connectivity index (χ2v) is 6.82. The van der Waals surface area contributed by atoms with Gasteiger partial charge in [0.05, 0.1) is 28.6 Å². The molecule has 2 aromatic carbocycles. The Morgan fingerprint density at radius 2 is 1.85 bits per heavy atom. The summed E-state index contributed by atoms with van der Waals surface area (Å²) in [6, 6.07) is 11.0. The average Bonchev–Trinajstić information content (AvgIpc) is 2.88. The van der Waals surface area contributed by atoms with Crippen LogP contribution in [0.4, 0.5) is 20.6 Å². The number of anilines is 2. The number of nitrogens with one attached hydrogen (secondary N) is 2. The van der Waals surface area contributed by atoms with Crippen molar-refractivity contribution in [3.63, 3.8) is 0 Å². The van der Waals surface area contributed by atoms with Crippen LogP contribution in [0.1, 0.15) is 17.0 Å². The first kappa shape index (κ1) is 19.2. The molecule has 0 aliphatic rings. The van der Waals surface area contributed by atoms with Gasteiger partial charge >= 0.3 is 6.03 Å². The molecule has 0 atom stereocenters. The molecule has 2 N–H and O–H groups in total. The number of carbonyl (C=O) groups excluding carboxylic acids is 1. The van der Waals surface area contributed by atoms with Crippen LogP contribution in [0.5, 0.6) is 0 Å². The van der Waals surface area contributed by atoms with Gasteiger partial charge in [-0.3, -0.25) is 4.68 Å². The Labute approximate surface area is 166 Å². The van der Waals surface area contributed by atoms with Gasteiger partial charge in [-0.1, -0.05) is 41.4 Å². The lowest BCUT2D eigenvalue weighted by molar-refractivity contribution is 0.262. The molecule has 2 amide bonds. The highest BCUT2D eigenvalue weighted by Gasteiger charge is 2.15. The summed E-state index contributed by atoms with van der Waals surface area (Å²) < 4.78 is 15.0. The SMILES string of the molecule is Cc1nn(Cc2ccccc2Cl)c(C)c1NC(=O)Nc1ccc(F)c(Cl)c1. The van der Waals surface area contributed by atoms with Gasteiger partial charge in [-0.25, -0.2) is 9.18 Å². The number of hydrogen-bond donors (Lipinski definition) is 2. The van der Waals surface area contributed by atoms with E-state index in [1.165, 1.54) is 18.2 Å². The van der Waals surface area contributed by atoms with Crippen LogP contribution < -0.4 is 10.6 Å². The number of amides is 2. The van der Waals surface area contributed by atoms with Crippen molar-refractivity contribution in [2.75, 3.05) is 10.6 Å². The molecule has 27 heavy (non-hydrogen) atoms. The van der Waals surface area contributed by atoms with E-state index in [-0.39, 0.29) is 5.02 Å². The lowest BCUT2D eigenvalue weighted by Crippen LogP contribution is -2.20. The van der Waals surface area contributed by atoms with Crippen molar-refractivity contribution in [3.8, 4) is 0 Å². The van der Waals surface area contributed by atoms with Crippen molar-refractivity contribution < 1.29 is 9.18 Å². The van der Waals surface area contributed by atoms with Gasteiger partial charge < -0.3 is 10.6 Å². The molecule has 3 aromatic rings. The number of benzene rings is 2. The molecule has 5 nitrogen and oxygen atoms in total. The van der Waals surface area contributed by atoms with Crippen LogP contribution in [0.3, 0.4) is 0 Å². The number of hydrogen-bond acceptors (Lipinski definition) is 2. The van der Waals surface area contributed by atoms with Crippen LogP contribution in [0, 0.1) is 19.7 Å². The van der Waals surface area contributed by atoms with Crippen LogP contribution >= 0.6 is 23.2 Å². The van der Waals surface area contributed by atoms with E-state index in [0.717, 1.165) is 11.3 Å². The first-order valence-electron chi connectivity index (χ1n) is 8.15. The van der Waals surface area contributed by atoms with Gasteiger partial charge in [-0.15, -0.1) is 0 Å². The summed E-state index contributed by atoms with van der Waals surface area (Å²) in [5.74, 6) is -0.546. The van der Waals surface area contributed by atoms with Gasteiger partial charge in [0.25, 0.3) is 0 Å². The molecule has 0 bridgehead atoms. The first-order chi connectivity index (χ1) is 12.8. The Balaban J connectivity index is 1.75. The minimum atomic E-state index is -0.546. The Hall–Kier alpha value is -2.57. The highest BCUT2D eigenvalue weighted by atomic mass is 35.5. The quantitative estimate of drug-likeness (QED) is 0.588. The summed E-state index contributed by atoms with van der Waals surface area (Å²) in [5.41, 5.74) is 3.39. The van der Waals surface area contributed by atoms with Crippen molar-refractivity contribution in [2.45, 2.75) is 20.4 Å². The molecule has 0 aliphatic carbocycles. The monoisotopic (exact) mass is 406 g/mol. The van der Waals surface area contributed by atoms with Crippen molar-refractivity contribution in [3.05, 3.63) is 75.3 Å². The Kier molecular flexibility index (Phi) is 5.68. The summed E-state index contributed by atoms with van der Waals surface area (Å²) in [7, 11) is 0. The fourth-order valence-corrected chi connectivity index (χ4v) is 3.05. The summed E-state index contributed by atoms with van der Waals surface area (Å²) >= 11 is 11.9. The molecule has 0 saturated heterocycles. The van der Waals surface area contributed by atoms with E-state index in [1.54, 1.807) is 11.6 Å². The van der Waals surface area contributed by atoms with Gasteiger partial charge in [-0.05, 0) is 43.7 Å². The van der Waals surface area contributed by atoms with Gasteiger partial charge in [-0.2, -0.15) is 5.10 Å². The Morgan fingerprint density at radius 1 is 1.11 bits per heavy atom. The molecule has 0 aliphatic heterocycles. The van der Waals surface area contributed by atoms with E-state index in [4.69, 9.17) is 23.2 Å². The number of aromatic nitrogens is 2. The van der Waals surface area contributed by atoms with E-state index < -0.39 is 11.8 Å². The molecule has 0 unspecified atom stereocenters. The number of nitrogens with zero attached hydrogens (tertiary/aromatic N) is 2. The third-order valence-corrected chi connectivity index (χ3v) is 4.73. The lowest BCUT2D eigenvalue weighted by Gasteiger charge is -2.10. The van der Waals surface area contributed by atoms with Gasteiger partial charge in [0.1, 0.15) is 5.82 Å². The third kappa shape index (κ3) is 4.40.